The quantitative estimate of drug-likeness (QED) is 0.875. The largest absolute Gasteiger partial charge is 0.507 e. The van der Waals surface area contributed by atoms with Crippen molar-refractivity contribution in [2.24, 2.45) is 0 Å². The molecule has 0 saturated carbocycles. The summed E-state index contributed by atoms with van der Waals surface area (Å²) in [5.74, 6) is 0.332. The summed E-state index contributed by atoms with van der Waals surface area (Å²) < 4.78 is 0. The Morgan fingerprint density at radius 1 is 1.37 bits per heavy atom. The number of rotatable bonds is 4. The van der Waals surface area contributed by atoms with Crippen molar-refractivity contribution in [2.75, 3.05) is 27.2 Å². The molecule has 0 aromatic heterocycles. The Morgan fingerprint density at radius 2 is 2.00 bits per heavy atom. The van der Waals surface area contributed by atoms with Gasteiger partial charge in [-0.1, -0.05) is 6.07 Å². The van der Waals surface area contributed by atoms with E-state index in [4.69, 9.17) is 0 Å². The van der Waals surface area contributed by atoms with Crippen LogP contribution >= 0.6 is 0 Å². The molecule has 19 heavy (non-hydrogen) atoms. The molecule has 1 aliphatic rings. The first kappa shape index (κ1) is 14.2. The lowest BCUT2D eigenvalue weighted by molar-refractivity contribution is 0.181. The van der Waals surface area contributed by atoms with Crippen LogP contribution < -0.4 is 0 Å². The molecule has 2 rings (SSSR count). The number of hydrogen-bond acceptors (Lipinski definition) is 4. The number of likely N-dealkylation sites (N-methyl/N-ethyl adjacent to an activating group) is 2. The number of likely N-dealkylation sites (tertiary alicyclic amines) is 1. The predicted molar refractivity (Wildman–Crippen MR) is 76.5 cm³/mol. The van der Waals surface area contributed by atoms with Crippen molar-refractivity contribution in [3.63, 3.8) is 0 Å². The van der Waals surface area contributed by atoms with Gasteiger partial charge in [0.2, 0.25) is 0 Å². The van der Waals surface area contributed by atoms with Gasteiger partial charge in [-0.05, 0) is 52.5 Å². The molecule has 1 aliphatic heterocycles. The van der Waals surface area contributed by atoms with Crippen molar-refractivity contribution in [1.29, 1.82) is 0 Å². The van der Waals surface area contributed by atoms with Crippen LogP contribution in [0.15, 0.2) is 18.2 Å². The SMILES string of the molecule is CC(c1c(O)cccc1O)N(C)CC1CCCN1C. The van der Waals surface area contributed by atoms with Crippen molar-refractivity contribution in [2.45, 2.75) is 31.8 Å². The van der Waals surface area contributed by atoms with Gasteiger partial charge < -0.3 is 15.1 Å². The number of nitrogens with zero attached hydrogens (tertiary/aromatic N) is 2. The maximum absolute atomic E-state index is 9.93. The normalized spacial score (nSPS) is 22.0. The van der Waals surface area contributed by atoms with Gasteiger partial charge in [0.05, 0.1) is 5.56 Å². The Balaban J connectivity index is 2.08. The Bertz CT molecular complexity index is 416. The summed E-state index contributed by atoms with van der Waals surface area (Å²) in [7, 11) is 4.20. The minimum Gasteiger partial charge on any atom is -0.507 e. The first-order valence-corrected chi connectivity index (χ1v) is 6.92. The van der Waals surface area contributed by atoms with E-state index in [9.17, 15) is 10.2 Å². The van der Waals surface area contributed by atoms with Gasteiger partial charge in [0.15, 0.2) is 0 Å². The molecule has 1 aromatic carbocycles. The van der Waals surface area contributed by atoms with Crippen LogP contribution in [0.5, 0.6) is 11.5 Å². The van der Waals surface area contributed by atoms with Crippen molar-refractivity contribution in [3.8, 4) is 11.5 Å². The maximum atomic E-state index is 9.93. The van der Waals surface area contributed by atoms with Crippen molar-refractivity contribution < 1.29 is 10.2 Å². The Kier molecular flexibility index (Phi) is 4.32. The standard InChI is InChI=1S/C15H24N2O2/c1-11(15-13(18)7-4-8-14(15)19)17(3)10-12-6-5-9-16(12)2/h4,7-8,11-12,18-19H,5-6,9-10H2,1-3H3. The van der Waals surface area contributed by atoms with E-state index >= 15 is 0 Å². The fourth-order valence-electron chi connectivity index (χ4n) is 2.89. The van der Waals surface area contributed by atoms with E-state index in [1.165, 1.54) is 12.8 Å². The molecule has 4 nitrogen and oxygen atoms in total. The summed E-state index contributed by atoms with van der Waals surface area (Å²) in [4.78, 5) is 4.58. The average Bonchev–Trinajstić information content (AvgIpc) is 2.74. The van der Waals surface area contributed by atoms with Gasteiger partial charge in [-0.3, -0.25) is 4.90 Å². The lowest BCUT2D eigenvalue weighted by atomic mass is 10.0. The smallest absolute Gasteiger partial charge is 0.124 e. The molecule has 1 saturated heterocycles. The topological polar surface area (TPSA) is 46.9 Å². The van der Waals surface area contributed by atoms with E-state index < -0.39 is 0 Å². The molecule has 0 bridgehead atoms. The van der Waals surface area contributed by atoms with Gasteiger partial charge in [-0.25, -0.2) is 0 Å². The van der Waals surface area contributed by atoms with Crippen LogP contribution in [0.2, 0.25) is 0 Å². The predicted octanol–water partition coefficient (Wildman–Crippen LogP) is 2.18. The van der Waals surface area contributed by atoms with Crippen LogP contribution in [0.25, 0.3) is 0 Å². The van der Waals surface area contributed by atoms with Crippen molar-refractivity contribution in [3.05, 3.63) is 23.8 Å². The van der Waals surface area contributed by atoms with Crippen LogP contribution in [0.4, 0.5) is 0 Å². The first-order chi connectivity index (χ1) is 9.00. The molecular formula is C15H24N2O2. The molecule has 0 spiro atoms. The highest BCUT2D eigenvalue weighted by atomic mass is 16.3. The third-order valence-corrected chi connectivity index (χ3v) is 4.31. The van der Waals surface area contributed by atoms with Crippen LogP contribution in [0.3, 0.4) is 0 Å². The van der Waals surface area contributed by atoms with Crippen molar-refractivity contribution >= 4 is 0 Å². The first-order valence-electron chi connectivity index (χ1n) is 6.92. The van der Waals surface area contributed by atoms with Crippen LogP contribution in [0, 0.1) is 0 Å². The second kappa shape index (κ2) is 5.80. The highest BCUT2D eigenvalue weighted by molar-refractivity contribution is 5.44. The van der Waals surface area contributed by atoms with Gasteiger partial charge in [0.1, 0.15) is 11.5 Å². The highest BCUT2D eigenvalue weighted by Crippen LogP contribution is 2.35. The summed E-state index contributed by atoms with van der Waals surface area (Å²) in [5.41, 5.74) is 0.616. The van der Waals surface area contributed by atoms with Crippen molar-refractivity contribution in [1.82, 2.24) is 9.80 Å². The van der Waals surface area contributed by atoms with E-state index in [-0.39, 0.29) is 17.5 Å². The zero-order valence-corrected chi connectivity index (χ0v) is 12.0. The summed E-state index contributed by atoms with van der Waals surface area (Å²) in [6.07, 6.45) is 2.48. The minimum absolute atomic E-state index is 0.00444. The molecule has 0 radical (unpaired) electrons. The Hall–Kier alpha value is -1.26. The maximum Gasteiger partial charge on any atom is 0.124 e. The Morgan fingerprint density at radius 3 is 2.53 bits per heavy atom. The molecule has 0 aliphatic carbocycles. The van der Waals surface area contributed by atoms with Gasteiger partial charge in [0, 0.05) is 18.6 Å². The molecule has 2 N–H and O–H groups in total. The minimum atomic E-state index is -0.00444. The number of benzene rings is 1. The van der Waals surface area contributed by atoms with Gasteiger partial charge in [0.25, 0.3) is 0 Å². The van der Waals surface area contributed by atoms with Crippen LogP contribution in [0.1, 0.15) is 31.4 Å². The molecule has 0 amide bonds. The van der Waals surface area contributed by atoms with Crippen LogP contribution in [-0.4, -0.2) is 53.2 Å². The van der Waals surface area contributed by atoms with Gasteiger partial charge in [-0.15, -0.1) is 0 Å². The van der Waals surface area contributed by atoms with E-state index in [0.717, 1.165) is 13.1 Å². The van der Waals surface area contributed by atoms with E-state index in [1.54, 1.807) is 18.2 Å². The molecular weight excluding hydrogens is 240 g/mol. The van der Waals surface area contributed by atoms with E-state index in [1.807, 2.05) is 14.0 Å². The molecule has 2 atom stereocenters. The summed E-state index contributed by atoms with van der Waals surface area (Å²) in [6, 6.07) is 5.48. The molecule has 1 fully saturated rings. The monoisotopic (exact) mass is 264 g/mol. The average molecular weight is 264 g/mol. The second-order valence-corrected chi connectivity index (χ2v) is 5.60. The third-order valence-electron chi connectivity index (χ3n) is 4.31. The van der Waals surface area contributed by atoms with Gasteiger partial charge >= 0.3 is 0 Å². The lowest BCUT2D eigenvalue weighted by Gasteiger charge is -2.31. The van der Waals surface area contributed by atoms with E-state index in [2.05, 4.69) is 16.8 Å². The van der Waals surface area contributed by atoms with Crippen LogP contribution in [-0.2, 0) is 0 Å². The molecule has 4 heteroatoms. The number of hydrogen-bond donors (Lipinski definition) is 2. The summed E-state index contributed by atoms with van der Waals surface area (Å²) >= 11 is 0. The zero-order chi connectivity index (χ0) is 14.0. The molecule has 1 heterocycles. The fraction of sp³-hybridized carbons (Fsp3) is 0.600. The highest BCUT2D eigenvalue weighted by Gasteiger charge is 2.26. The zero-order valence-electron chi connectivity index (χ0n) is 12.0. The number of phenols is 2. The van der Waals surface area contributed by atoms with Gasteiger partial charge in [-0.2, -0.15) is 0 Å². The lowest BCUT2D eigenvalue weighted by Crippen LogP contribution is -2.37. The molecule has 106 valence electrons. The number of phenolic OH excluding ortho intramolecular Hbond substituents is 2. The molecule has 2 unspecified atom stereocenters. The van der Waals surface area contributed by atoms with E-state index in [0.29, 0.717) is 11.6 Å². The second-order valence-electron chi connectivity index (χ2n) is 5.60. The molecule has 1 aromatic rings. The number of aromatic hydroxyl groups is 2. The summed E-state index contributed by atoms with van der Waals surface area (Å²) in [5, 5.41) is 19.9. The summed E-state index contributed by atoms with van der Waals surface area (Å²) in [6.45, 7) is 4.13. The third kappa shape index (κ3) is 3.01. The fourth-order valence-corrected chi connectivity index (χ4v) is 2.89. The Labute approximate surface area is 115 Å².